The quantitative estimate of drug-likeness (QED) is 0.366. The highest BCUT2D eigenvalue weighted by molar-refractivity contribution is 5.80. The Kier molecular flexibility index (Phi) is 9.93. The molecular weight excluding hydrogens is 250 g/mol. The van der Waals surface area contributed by atoms with Crippen LogP contribution in [0.2, 0.25) is 0 Å². The van der Waals surface area contributed by atoms with Gasteiger partial charge in [0.1, 0.15) is 6.54 Å². The third-order valence-electron chi connectivity index (χ3n) is 2.77. The molecule has 0 heterocycles. The highest BCUT2D eigenvalue weighted by atomic mass is 16.4. The molecule has 1 N–H and O–H groups in total. The van der Waals surface area contributed by atoms with Gasteiger partial charge in [-0.15, -0.1) is 0 Å². The van der Waals surface area contributed by atoms with Crippen molar-refractivity contribution < 1.29 is 9.90 Å². The molecule has 0 amide bonds. The Hall–Kier alpha value is -1.90. The summed E-state index contributed by atoms with van der Waals surface area (Å²) in [4.78, 5) is 14.1. The van der Waals surface area contributed by atoms with Crippen LogP contribution in [0, 0.1) is 0 Å². The second-order valence-electron chi connectivity index (χ2n) is 4.80. The number of hydrogen-bond donors (Lipinski definition) is 1. The van der Waals surface area contributed by atoms with Gasteiger partial charge < -0.3 is 5.11 Å². The lowest BCUT2D eigenvalue weighted by Gasteiger charge is -2.00. The van der Waals surface area contributed by atoms with E-state index in [1.807, 2.05) is 6.92 Å². The standard InChI is InChI=1S/C17H25NO2/c1-5-14(2)8-6-9-15(3)10-7-11-16(4)12-18-13-17(19)20/h5,9,11-12H,1-2,6-8,10,13H2,3-4H3,(H,19,20)/b15-9+,16-11+,18-12+. The minimum atomic E-state index is -0.908. The largest absolute Gasteiger partial charge is 0.480 e. The second kappa shape index (κ2) is 11.0. The normalized spacial score (nSPS) is 12.7. The maximum absolute atomic E-state index is 10.3. The van der Waals surface area contributed by atoms with Crippen molar-refractivity contribution in [3.63, 3.8) is 0 Å². The van der Waals surface area contributed by atoms with Crippen molar-refractivity contribution in [1.82, 2.24) is 0 Å². The van der Waals surface area contributed by atoms with E-state index in [0.29, 0.717) is 0 Å². The van der Waals surface area contributed by atoms with E-state index in [0.717, 1.165) is 36.8 Å². The fraction of sp³-hybridized carbons (Fsp3) is 0.412. The number of carboxylic acid groups (broad SMARTS) is 1. The van der Waals surface area contributed by atoms with Gasteiger partial charge in [0.05, 0.1) is 0 Å². The zero-order valence-corrected chi connectivity index (χ0v) is 12.6. The molecule has 3 nitrogen and oxygen atoms in total. The Bertz CT molecular complexity index is 428. The van der Waals surface area contributed by atoms with Crippen molar-refractivity contribution in [2.24, 2.45) is 4.99 Å². The maximum Gasteiger partial charge on any atom is 0.325 e. The summed E-state index contributed by atoms with van der Waals surface area (Å²) in [6.07, 6.45) is 11.6. The van der Waals surface area contributed by atoms with Crippen LogP contribution in [0.15, 0.2) is 53.1 Å². The van der Waals surface area contributed by atoms with Crippen LogP contribution in [0.1, 0.15) is 39.5 Å². The van der Waals surface area contributed by atoms with Gasteiger partial charge in [0.25, 0.3) is 0 Å². The molecule has 0 saturated carbocycles. The first-order chi connectivity index (χ1) is 9.45. The molecule has 0 radical (unpaired) electrons. The molecule has 3 heteroatoms. The third-order valence-corrected chi connectivity index (χ3v) is 2.77. The second-order valence-corrected chi connectivity index (χ2v) is 4.80. The smallest absolute Gasteiger partial charge is 0.325 e. The summed E-state index contributed by atoms with van der Waals surface area (Å²) in [5.41, 5.74) is 3.42. The van der Waals surface area contributed by atoms with E-state index in [2.05, 4.69) is 37.2 Å². The molecular formula is C17H25NO2. The van der Waals surface area contributed by atoms with E-state index in [-0.39, 0.29) is 6.54 Å². The van der Waals surface area contributed by atoms with E-state index in [1.165, 1.54) is 5.57 Å². The molecule has 0 fully saturated rings. The number of rotatable bonds is 10. The van der Waals surface area contributed by atoms with Crippen LogP contribution >= 0.6 is 0 Å². The van der Waals surface area contributed by atoms with Crippen LogP contribution in [0.3, 0.4) is 0 Å². The molecule has 110 valence electrons. The summed E-state index contributed by atoms with van der Waals surface area (Å²) in [5.74, 6) is -0.908. The summed E-state index contributed by atoms with van der Waals surface area (Å²) in [5, 5.41) is 8.46. The lowest BCUT2D eigenvalue weighted by molar-refractivity contribution is -0.135. The average molecular weight is 275 g/mol. The Labute approximate surface area is 122 Å². The molecule has 0 unspecified atom stereocenters. The van der Waals surface area contributed by atoms with E-state index in [9.17, 15) is 4.79 Å². The molecule has 0 rings (SSSR count). The monoisotopic (exact) mass is 275 g/mol. The van der Waals surface area contributed by atoms with Gasteiger partial charge in [0.15, 0.2) is 0 Å². The Morgan fingerprint density at radius 2 is 1.85 bits per heavy atom. The van der Waals surface area contributed by atoms with E-state index < -0.39 is 5.97 Å². The molecule has 0 aromatic carbocycles. The van der Waals surface area contributed by atoms with Crippen LogP contribution in [-0.4, -0.2) is 23.8 Å². The first-order valence-electron chi connectivity index (χ1n) is 6.80. The summed E-state index contributed by atoms with van der Waals surface area (Å²) in [6, 6.07) is 0. The van der Waals surface area contributed by atoms with Crippen LogP contribution in [-0.2, 0) is 4.79 Å². The molecule has 20 heavy (non-hydrogen) atoms. The highest BCUT2D eigenvalue weighted by Crippen LogP contribution is 2.10. The van der Waals surface area contributed by atoms with E-state index >= 15 is 0 Å². The first kappa shape index (κ1) is 18.1. The lowest BCUT2D eigenvalue weighted by atomic mass is 10.1. The minimum Gasteiger partial charge on any atom is -0.480 e. The van der Waals surface area contributed by atoms with Crippen molar-refractivity contribution in [1.29, 1.82) is 0 Å². The van der Waals surface area contributed by atoms with Gasteiger partial charge in [0.2, 0.25) is 0 Å². The molecule has 0 aliphatic heterocycles. The predicted molar refractivity (Wildman–Crippen MR) is 86.3 cm³/mol. The SMILES string of the molecule is C=CC(=C)CC/C=C(\C)CC/C=C(C)/C=N/CC(=O)O. The molecule has 0 aliphatic rings. The fourth-order valence-electron chi connectivity index (χ4n) is 1.56. The van der Waals surface area contributed by atoms with Crippen molar-refractivity contribution in [3.05, 3.63) is 48.1 Å². The number of allylic oxidation sites excluding steroid dienone is 6. The zero-order chi connectivity index (χ0) is 15.4. The summed E-state index contributed by atoms with van der Waals surface area (Å²) >= 11 is 0. The summed E-state index contributed by atoms with van der Waals surface area (Å²) in [6.45, 7) is 11.5. The van der Waals surface area contributed by atoms with Gasteiger partial charge in [-0.1, -0.05) is 42.5 Å². The van der Waals surface area contributed by atoms with E-state index in [1.54, 1.807) is 12.3 Å². The van der Waals surface area contributed by atoms with Crippen LogP contribution in [0.5, 0.6) is 0 Å². The summed E-state index contributed by atoms with van der Waals surface area (Å²) < 4.78 is 0. The van der Waals surface area contributed by atoms with Gasteiger partial charge in [-0.05, 0) is 45.1 Å². The average Bonchev–Trinajstić information content (AvgIpc) is 2.38. The highest BCUT2D eigenvalue weighted by Gasteiger charge is 1.92. The minimum absolute atomic E-state index is 0.169. The molecule has 0 bridgehead atoms. The van der Waals surface area contributed by atoms with Crippen LogP contribution < -0.4 is 0 Å². The Morgan fingerprint density at radius 1 is 1.20 bits per heavy atom. The number of carboxylic acids is 1. The number of nitrogens with zero attached hydrogens (tertiary/aromatic N) is 1. The maximum atomic E-state index is 10.3. The predicted octanol–water partition coefficient (Wildman–Crippen LogP) is 4.34. The molecule has 0 atom stereocenters. The van der Waals surface area contributed by atoms with Gasteiger partial charge in [-0.3, -0.25) is 9.79 Å². The number of aliphatic carboxylic acids is 1. The fourth-order valence-corrected chi connectivity index (χ4v) is 1.56. The van der Waals surface area contributed by atoms with E-state index in [4.69, 9.17) is 5.11 Å². The molecule has 0 spiro atoms. The first-order valence-corrected chi connectivity index (χ1v) is 6.80. The number of hydrogen-bond acceptors (Lipinski definition) is 2. The zero-order valence-electron chi connectivity index (χ0n) is 12.6. The van der Waals surface area contributed by atoms with Gasteiger partial charge >= 0.3 is 5.97 Å². The third kappa shape index (κ3) is 11.2. The molecule has 0 aromatic rings. The summed E-state index contributed by atoms with van der Waals surface area (Å²) in [7, 11) is 0. The Balaban J connectivity index is 3.99. The van der Waals surface area contributed by atoms with Crippen molar-refractivity contribution >= 4 is 12.2 Å². The van der Waals surface area contributed by atoms with Crippen LogP contribution in [0.25, 0.3) is 0 Å². The number of aliphatic imine (C=N–C) groups is 1. The Morgan fingerprint density at radius 3 is 2.45 bits per heavy atom. The topological polar surface area (TPSA) is 49.7 Å². The van der Waals surface area contributed by atoms with Crippen molar-refractivity contribution in [3.8, 4) is 0 Å². The molecule has 0 saturated heterocycles. The van der Waals surface area contributed by atoms with Crippen molar-refractivity contribution in [2.75, 3.05) is 6.54 Å². The van der Waals surface area contributed by atoms with Gasteiger partial charge in [-0.2, -0.15) is 0 Å². The van der Waals surface area contributed by atoms with Crippen LogP contribution in [0.4, 0.5) is 0 Å². The van der Waals surface area contributed by atoms with Gasteiger partial charge in [0, 0.05) is 6.21 Å². The molecule has 0 aromatic heterocycles. The lowest BCUT2D eigenvalue weighted by Crippen LogP contribution is -1.99. The molecule has 0 aliphatic carbocycles. The number of carbonyl (C=O) groups is 1. The van der Waals surface area contributed by atoms with Gasteiger partial charge in [-0.25, -0.2) is 0 Å². The van der Waals surface area contributed by atoms with Crippen molar-refractivity contribution in [2.45, 2.75) is 39.5 Å².